The van der Waals surface area contributed by atoms with Crippen LogP contribution in [0, 0.1) is 25.7 Å². The molecule has 1 amide bonds. The third-order valence-electron chi connectivity index (χ3n) is 8.45. The Labute approximate surface area is 223 Å². The van der Waals surface area contributed by atoms with Crippen molar-refractivity contribution in [3.8, 4) is 0 Å². The second-order valence-corrected chi connectivity index (χ2v) is 12.9. The molecule has 0 bridgehead atoms. The van der Waals surface area contributed by atoms with E-state index in [2.05, 4.69) is 24.4 Å². The normalized spacial score (nSPS) is 24.7. The number of aryl methyl sites for hydroxylation is 3. The molecule has 3 aliphatic rings. The van der Waals surface area contributed by atoms with E-state index in [1.54, 1.807) is 6.08 Å². The van der Waals surface area contributed by atoms with Gasteiger partial charge in [0.25, 0.3) is 5.91 Å². The standard InChI is InChI=1S/C28H38F3N3O3S/c1-4-21-17-19(2)24(20(3)18-21)10-16-38(36,37)34-14-12-27(13-15-34)26(35)32-25(33-27)23-7-5-22(6-8-23)9-11-28(29,30)31/h10,16-18,22-23H,4-9,11-15H2,1-3H3,(H,32,33,35)/b16-10+. The first-order valence-electron chi connectivity index (χ1n) is 13.6. The Morgan fingerprint density at radius 3 is 2.26 bits per heavy atom. The van der Waals surface area contributed by atoms with E-state index in [1.165, 1.54) is 15.3 Å². The van der Waals surface area contributed by atoms with Crippen LogP contribution in [0.4, 0.5) is 13.2 Å². The number of halogens is 3. The second-order valence-electron chi connectivity index (χ2n) is 11.1. The van der Waals surface area contributed by atoms with E-state index in [-0.39, 0.29) is 37.3 Å². The van der Waals surface area contributed by atoms with Crippen molar-refractivity contribution in [3.63, 3.8) is 0 Å². The van der Waals surface area contributed by atoms with Crippen LogP contribution in [0.15, 0.2) is 22.5 Å². The lowest BCUT2D eigenvalue weighted by atomic mass is 9.79. The van der Waals surface area contributed by atoms with E-state index in [0.29, 0.717) is 44.4 Å². The smallest absolute Gasteiger partial charge is 0.312 e. The van der Waals surface area contributed by atoms with E-state index >= 15 is 0 Å². The van der Waals surface area contributed by atoms with Crippen molar-refractivity contribution < 1.29 is 26.4 Å². The molecule has 1 aromatic carbocycles. The fraction of sp³-hybridized carbons (Fsp3) is 0.643. The molecule has 2 fully saturated rings. The van der Waals surface area contributed by atoms with Crippen molar-refractivity contribution in [1.29, 1.82) is 0 Å². The molecule has 0 atom stereocenters. The van der Waals surface area contributed by atoms with Crippen LogP contribution in [0.1, 0.15) is 80.5 Å². The molecule has 38 heavy (non-hydrogen) atoms. The monoisotopic (exact) mass is 553 g/mol. The molecule has 1 aromatic rings. The van der Waals surface area contributed by atoms with Crippen molar-refractivity contribution in [2.24, 2.45) is 16.8 Å². The first kappa shape index (κ1) is 28.8. The van der Waals surface area contributed by atoms with E-state index < -0.39 is 28.2 Å². The summed E-state index contributed by atoms with van der Waals surface area (Å²) >= 11 is 0. The van der Waals surface area contributed by atoms with Crippen LogP contribution in [-0.4, -0.2) is 49.3 Å². The molecule has 1 N–H and O–H groups in total. The minimum atomic E-state index is -4.12. The van der Waals surface area contributed by atoms with Gasteiger partial charge in [-0.3, -0.25) is 9.79 Å². The average Bonchev–Trinajstić information content (AvgIpc) is 3.17. The highest BCUT2D eigenvalue weighted by atomic mass is 32.2. The quantitative estimate of drug-likeness (QED) is 0.472. The van der Waals surface area contributed by atoms with Gasteiger partial charge < -0.3 is 5.32 Å². The van der Waals surface area contributed by atoms with Crippen molar-refractivity contribution in [2.45, 2.75) is 90.3 Å². The molecule has 0 radical (unpaired) electrons. The number of amidine groups is 1. The topological polar surface area (TPSA) is 78.8 Å². The highest BCUT2D eigenvalue weighted by Gasteiger charge is 2.48. The largest absolute Gasteiger partial charge is 0.389 e. The number of amides is 1. The highest BCUT2D eigenvalue weighted by Crippen LogP contribution is 2.38. The summed E-state index contributed by atoms with van der Waals surface area (Å²) in [5.74, 6) is 0.525. The van der Waals surface area contributed by atoms with Crippen LogP contribution in [0.5, 0.6) is 0 Å². The minimum Gasteiger partial charge on any atom is -0.312 e. The third kappa shape index (κ3) is 6.50. The van der Waals surface area contributed by atoms with Gasteiger partial charge >= 0.3 is 6.18 Å². The molecular weight excluding hydrogens is 515 g/mol. The van der Waals surface area contributed by atoms with E-state index in [0.717, 1.165) is 23.1 Å². The summed E-state index contributed by atoms with van der Waals surface area (Å²) in [4.78, 5) is 17.7. The maximum Gasteiger partial charge on any atom is 0.389 e. The van der Waals surface area contributed by atoms with Gasteiger partial charge in [0, 0.05) is 30.8 Å². The van der Waals surface area contributed by atoms with Gasteiger partial charge in [0.05, 0.1) is 0 Å². The number of sulfonamides is 1. The zero-order valence-corrected chi connectivity index (χ0v) is 23.2. The molecule has 6 nitrogen and oxygen atoms in total. The number of piperidine rings is 1. The number of aliphatic imine (C=N–C) groups is 1. The molecule has 1 aliphatic carbocycles. The molecule has 1 saturated carbocycles. The van der Waals surface area contributed by atoms with Crippen LogP contribution in [0.25, 0.3) is 6.08 Å². The lowest BCUT2D eigenvalue weighted by molar-refractivity contribution is -0.138. The van der Waals surface area contributed by atoms with Crippen molar-refractivity contribution in [3.05, 3.63) is 39.8 Å². The molecule has 0 aromatic heterocycles. The summed E-state index contributed by atoms with van der Waals surface area (Å²) in [6.45, 7) is 6.45. The number of hydrogen-bond acceptors (Lipinski definition) is 4. The van der Waals surface area contributed by atoms with Crippen molar-refractivity contribution in [2.75, 3.05) is 13.1 Å². The summed E-state index contributed by atoms with van der Waals surface area (Å²) < 4.78 is 65.2. The van der Waals surface area contributed by atoms with Gasteiger partial charge in [-0.1, -0.05) is 19.1 Å². The predicted octanol–water partition coefficient (Wildman–Crippen LogP) is 5.68. The molecule has 2 aliphatic heterocycles. The van der Waals surface area contributed by atoms with Crippen molar-refractivity contribution in [1.82, 2.24) is 9.62 Å². The summed E-state index contributed by atoms with van der Waals surface area (Å²) in [7, 11) is -3.66. The van der Waals surface area contributed by atoms with Gasteiger partial charge in [0.2, 0.25) is 10.0 Å². The molecule has 210 valence electrons. The Bertz CT molecular complexity index is 1180. The molecule has 1 spiro atoms. The average molecular weight is 554 g/mol. The lowest BCUT2D eigenvalue weighted by Gasteiger charge is -2.34. The van der Waals surface area contributed by atoms with Gasteiger partial charge in [-0.15, -0.1) is 0 Å². The zero-order chi connectivity index (χ0) is 27.7. The Balaban J connectivity index is 1.36. The van der Waals surface area contributed by atoms with Gasteiger partial charge in [-0.2, -0.15) is 17.5 Å². The SMILES string of the molecule is CCc1cc(C)c(/C=C/S(=O)(=O)N2CCC3(CC2)N=C(C2CCC(CCC(F)(F)F)CC2)NC3=O)c(C)c1. The van der Waals surface area contributed by atoms with Gasteiger partial charge in [-0.05, 0) is 99.5 Å². The number of benzene rings is 1. The Morgan fingerprint density at radius 1 is 1.11 bits per heavy atom. The van der Waals surface area contributed by atoms with Crippen LogP contribution in [-0.2, 0) is 21.2 Å². The first-order chi connectivity index (χ1) is 17.8. The van der Waals surface area contributed by atoms with Crippen LogP contribution in [0.3, 0.4) is 0 Å². The van der Waals surface area contributed by atoms with E-state index in [4.69, 9.17) is 4.99 Å². The van der Waals surface area contributed by atoms with Crippen LogP contribution >= 0.6 is 0 Å². The molecule has 10 heteroatoms. The third-order valence-corrected chi connectivity index (χ3v) is 10.0. The summed E-state index contributed by atoms with van der Waals surface area (Å²) in [6, 6.07) is 4.15. The maximum atomic E-state index is 13.1. The second kappa shape index (κ2) is 11.1. The van der Waals surface area contributed by atoms with Gasteiger partial charge in [0.15, 0.2) is 0 Å². The van der Waals surface area contributed by atoms with E-state index in [9.17, 15) is 26.4 Å². The molecule has 0 unspecified atom stereocenters. The van der Waals surface area contributed by atoms with Crippen molar-refractivity contribution >= 4 is 27.8 Å². The summed E-state index contributed by atoms with van der Waals surface area (Å²) in [6.07, 6.45) is 1.28. The Morgan fingerprint density at radius 2 is 1.71 bits per heavy atom. The predicted molar refractivity (Wildman–Crippen MR) is 143 cm³/mol. The van der Waals surface area contributed by atoms with Gasteiger partial charge in [-0.25, -0.2) is 8.42 Å². The first-order valence-corrected chi connectivity index (χ1v) is 15.1. The Hall–Kier alpha value is -2.20. The number of carbonyl (C=O) groups is 1. The molecular formula is C28H38F3N3O3S. The number of rotatable bonds is 7. The molecule has 1 saturated heterocycles. The summed E-state index contributed by atoms with van der Waals surface area (Å²) in [5.41, 5.74) is 3.22. The number of alkyl halides is 3. The number of hydrogen-bond donors (Lipinski definition) is 1. The minimum absolute atomic E-state index is 0.0377. The number of nitrogens with one attached hydrogen (secondary N) is 1. The zero-order valence-electron chi connectivity index (χ0n) is 22.4. The lowest BCUT2D eigenvalue weighted by Crippen LogP contribution is -2.50. The Kier molecular flexibility index (Phi) is 8.43. The maximum absolute atomic E-state index is 13.1. The summed E-state index contributed by atoms with van der Waals surface area (Å²) in [5, 5.41) is 4.18. The van der Waals surface area contributed by atoms with Crippen LogP contribution in [0.2, 0.25) is 0 Å². The fourth-order valence-electron chi connectivity index (χ4n) is 6.05. The fourth-order valence-corrected chi connectivity index (χ4v) is 7.22. The molecule has 4 rings (SSSR count). The van der Waals surface area contributed by atoms with Crippen LogP contribution < -0.4 is 5.32 Å². The van der Waals surface area contributed by atoms with Gasteiger partial charge in [0.1, 0.15) is 11.4 Å². The highest BCUT2D eigenvalue weighted by molar-refractivity contribution is 7.92. The van der Waals surface area contributed by atoms with E-state index in [1.807, 2.05) is 13.8 Å². The number of nitrogens with zero attached hydrogens (tertiary/aromatic N) is 2. The number of carbonyl (C=O) groups excluding carboxylic acids is 1. The molecule has 2 heterocycles.